The molecule has 2 rings (SSSR count). The maximum atomic E-state index is 12.7. The van der Waals surface area contributed by atoms with E-state index < -0.39 is 29.0 Å². The van der Waals surface area contributed by atoms with Crippen LogP contribution < -0.4 is 0 Å². The number of aliphatic carboxylic acids is 1. The number of carboxylic acid groups (broad SMARTS) is 1. The first-order chi connectivity index (χ1) is 11.0. The van der Waals surface area contributed by atoms with Crippen LogP contribution in [0.1, 0.15) is 31.4 Å². The number of carbonyl (C=O) groups is 2. The summed E-state index contributed by atoms with van der Waals surface area (Å²) in [6, 6.07) is 4.93. The van der Waals surface area contributed by atoms with E-state index in [4.69, 9.17) is 0 Å². The lowest BCUT2D eigenvalue weighted by Crippen LogP contribution is -2.37. The summed E-state index contributed by atoms with van der Waals surface area (Å²) < 4.78 is 38.2. The van der Waals surface area contributed by atoms with Gasteiger partial charge in [-0.05, 0) is 31.4 Å². The molecular weight excluding hydrogens is 323 g/mol. The first kappa shape index (κ1) is 18.3. The Morgan fingerprint density at radius 1 is 1.38 bits per heavy atom. The fraction of sp³-hybridized carbons (Fsp3) is 0.529. The molecule has 0 spiro atoms. The van der Waals surface area contributed by atoms with Gasteiger partial charge in [0.25, 0.3) is 0 Å². The topological polar surface area (TPSA) is 57.6 Å². The highest BCUT2D eigenvalue weighted by Crippen LogP contribution is 2.32. The zero-order valence-corrected chi connectivity index (χ0v) is 13.6. The minimum Gasteiger partial charge on any atom is -0.481 e. The van der Waals surface area contributed by atoms with Crippen LogP contribution in [0.3, 0.4) is 0 Å². The predicted molar refractivity (Wildman–Crippen MR) is 81.3 cm³/mol. The maximum absolute atomic E-state index is 12.7. The summed E-state index contributed by atoms with van der Waals surface area (Å²) in [5.74, 6) is -1.68. The number of hydrogen-bond acceptors (Lipinski definition) is 2. The van der Waals surface area contributed by atoms with Gasteiger partial charge in [0.2, 0.25) is 5.91 Å². The van der Waals surface area contributed by atoms with E-state index in [1.807, 2.05) is 0 Å². The van der Waals surface area contributed by atoms with Crippen molar-refractivity contribution in [3.8, 4) is 0 Å². The molecule has 1 heterocycles. The third-order valence-corrected chi connectivity index (χ3v) is 4.52. The molecule has 4 nitrogen and oxygen atoms in total. The minimum absolute atomic E-state index is 0.133. The van der Waals surface area contributed by atoms with Gasteiger partial charge in [0, 0.05) is 19.0 Å². The monoisotopic (exact) mass is 343 g/mol. The van der Waals surface area contributed by atoms with Crippen LogP contribution in [-0.2, 0) is 22.2 Å². The highest BCUT2D eigenvalue weighted by Gasteiger charge is 2.42. The van der Waals surface area contributed by atoms with E-state index in [9.17, 15) is 27.9 Å². The molecule has 1 N–H and O–H groups in total. The Balaban J connectivity index is 2.04. The van der Waals surface area contributed by atoms with Crippen LogP contribution in [0.15, 0.2) is 24.3 Å². The van der Waals surface area contributed by atoms with E-state index in [-0.39, 0.29) is 18.9 Å². The lowest BCUT2D eigenvalue weighted by Gasteiger charge is -2.23. The van der Waals surface area contributed by atoms with E-state index in [0.717, 1.165) is 12.1 Å². The van der Waals surface area contributed by atoms with Crippen molar-refractivity contribution in [3.63, 3.8) is 0 Å². The number of amides is 1. The summed E-state index contributed by atoms with van der Waals surface area (Å²) in [7, 11) is 0. The normalized spacial score (nSPS) is 22.5. The second-order valence-electron chi connectivity index (χ2n) is 6.68. The molecule has 0 radical (unpaired) electrons. The molecule has 0 bridgehead atoms. The fourth-order valence-electron chi connectivity index (χ4n) is 2.95. The maximum Gasteiger partial charge on any atom is 0.416 e. The first-order valence-corrected chi connectivity index (χ1v) is 7.71. The Hall–Kier alpha value is -2.05. The van der Waals surface area contributed by atoms with Crippen molar-refractivity contribution in [2.24, 2.45) is 11.3 Å². The largest absolute Gasteiger partial charge is 0.481 e. The molecule has 2 atom stereocenters. The zero-order valence-electron chi connectivity index (χ0n) is 13.6. The van der Waals surface area contributed by atoms with Gasteiger partial charge in [-0.15, -0.1) is 0 Å². The van der Waals surface area contributed by atoms with Gasteiger partial charge < -0.3 is 10.0 Å². The van der Waals surface area contributed by atoms with Crippen LogP contribution in [-0.4, -0.2) is 35.0 Å². The Bertz CT molecular complexity index is 644. The van der Waals surface area contributed by atoms with Crippen molar-refractivity contribution in [3.05, 3.63) is 35.4 Å². The molecule has 0 aromatic heterocycles. The number of benzene rings is 1. The SMILES string of the molecule is C[C@H](Cc1cccc(C(F)(F)F)c1)C(=O)N1CC[C@@](C)(C(=O)O)C1. The van der Waals surface area contributed by atoms with Crippen LogP contribution >= 0.6 is 0 Å². The number of carboxylic acids is 1. The van der Waals surface area contributed by atoms with Crippen molar-refractivity contribution < 1.29 is 27.9 Å². The van der Waals surface area contributed by atoms with Gasteiger partial charge in [-0.1, -0.05) is 25.1 Å². The van der Waals surface area contributed by atoms with Gasteiger partial charge in [-0.2, -0.15) is 13.2 Å². The Morgan fingerprint density at radius 3 is 2.58 bits per heavy atom. The lowest BCUT2D eigenvalue weighted by molar-refractivity contribution is -0.147. The number of likely N-dealkylation sites (tertiary alicyclic amines) is 1. The molecule has 1 amide bonds. The second kappa shape index (κ2) is 6.45. The minimum atomic E-state index is -4.42. The van der Waals surface area contributed by atoms with Crippen molar-refractivity contribution in [2.45, 2.75) is 32.9 Å². The van der Waals surface area contributed by atoms with Crippen LogP contribution in [0.2, 0.25) is 0 Å². The van der Waals surface area contributed by atoms with Crippen LogP contribution in [0, 0.1) is 11.3 Å². The summed E-state index contributed by atoms with van der Waals surface area (Å²) in [5.41, 5.74) is -1.25. The smallest absolute Gasteiger partial charge is 0.416 e. The summed E-state index contributed by atoms with van der Waals surface area (Å²) >= 11 is 0. The van der Waals surface area contributed by atoms with Crippen LogP contribution in [0.4, 0.5) is 13.2 Å². The molecule has 1 aliphatic rings. The standard InChI is InChI=1S/C17H20F3NO3/c1-11(8-12-4-3-5-13(9-12)17(18,19)20)14(22)21-7-6-16(2,10-21)15(23)24/h3-5,9,11H,6-8,10H2,1-2H3,(H,23,24)/t11-,16-/m1/s1. The van der Waals surface area contributed by atoms with Crippen molar-refractivity contribution in [2.75, 3.05) is 13.1 Å². The van der Waals surface area contributed by atoms with Crippen molar-refractivity contribution in [1.29, 1.82) is 0 Å². The quantitative estimate of drug-likeness (QED) is 0.913. The van der Waals surface area contributed by atoms with Gasteiger partial charge in [-0.3, -0.25) is 9.59 Å². The number of hydrogen-bond donors (Lipinski definition) is 1. The van der Waals surface area contributed by atoms with Crippen LogP contribution in [0.25, 0.3) is 0 Å². The predicted octanol–water partition coefficient (Wildman–Crippen LogP) is 3.21. The number of alkyl halides is 3. The number of rotatable bonds is 4. The third-order valence-electron chi connectivity index (χ3n) is 4.52. The van der Waals surface area contributed by atoms with Crippen LogP contribution in [0.5, 0.6) is 0 Å². The molecule has 1 aromatic rings. The molecule has 132 valence electrons. The summed E-state index contributed by atoms with van der Waals surface area (Å²) in [6.07, 6.45) is -3.85. The Kier molecular flexibility index (Phi) is 4.92. The lowest BCUT2D eigenvalue weighted by atomic mass is 9.90. The molecule has 0 saturated carbocycles. The van der Waals surface area contributed by atoms with E-state index in [1.165, 1.54) is 11.0 Å². The molecule has 1 saturated heterocycles. The summed E-state index contributed by atoms with van der Waals surface area (Å²) in [5, 5.41) is 9.21. The molecule has 1 aromatic carbocycles. The molecule has 7 heteroatoms. The molecular formula is C17H20F3NO3. The van der Waals surface area contributed by atoms with E-state index in [0.29, 0.717) is 18.5 Å². The first-order valence-electron chi connectivity index (χ1n) is 7.71. The van der Waals surface area contributed by atoms with E-state index in [1.54, 1.807) is 19.9 Å². The molecule has 0 unspecified atom stereocenters. The fourth-order valence-corrected chi connectivity index (χ4v) is 2.95. The third kappa shape index (κ3) is 3.88. The van der Waals surface area contributed by atoms with E-state index >= 15 is 0 Å². The molecule has 24 heavy (non-hydrogen) atoms. The molecule has 1 aliphatic heterocycles. The van der Waals surface area contributed by atoms with Crippen molar-refractivity contribution >= 4 is 11.9 Å². The number of nitrogens with zero attached hydrogens (tertiary/aromatic N) is 1. The van der Waals surface area contributed by atoms with Gasteiger partial charge in [0.15, 0.2) is 0 Å². The summed E-state index contributed by atoms with van der Waals surface area (Å²) in [4.78, 5) is 25.2. The van der Waals surface area contributed by atoms with Gasteiger partial charge in [0.05, 0.1) is 11.0 Å². The number of halogens is 3. The average Bonchev–Trinajstić information content (AvgIpc) is 2.90. The zero-order chi connectivity index (χ0) is 18.1. The van der Waals surface area contributed by atoms with E-state index in [2.05, 4.69) is 0 Å². The average molecular weight is 343 g/mol. The van der Waals surface area contributed by atoms with Crippen molar-refractivity contribution in [1.82, 2.24) is 4.90 Å². The summed E-state index contributed by atoms with van der Waals surface area (Å²) in [6.45, 7) is 3.74. The highest BCUT2D eigenvalue weighted by atomic mass is 19.4. The number of carbonyl (C=O) groups excluding carboxylic acids is 1. The molecule has 0 aliphatic carbocycles. The van der Waals surface area contributed by atoms with Gasteiger partial charge >= 0.3 is 12.1 Å². The highest BCUT2D eigenvalue weighted by molar-refractivity contribution is 5.82. The Labute approximate surface area is 138 Å². The van der Waals surface area contributed by atoms with Gasteiger partial charge in [0.1, 0.15) is 0 Å². The Morgan fingerprint density at radius 2 is 2.04 bits per heavy atom. The molecule has 1 fully saturated rings. The second-order valence-corrected chi connectivity index (χ2v) is 6.68. The van der Waals surface area contributed by atoms with Gasteiger partial charge in [-0.25, -0.2) is 0 Å².